The van der Waals surface area contributed by atoms with E-state index in [1.54, 1.807) is 0 Å². The third-order valence-corrected chi connectivity index (χ3v) is 8.48. The molecule has 0 bridgehead atoms. The highest BCUT2D eigenvalue weighted by atomic mass is 16.5. The third-order valence-electron chi connectivity index (χ3n) is 8.48. The summed E-state index contributed by atoms with van der Waals surface area (Å²) < 4.78 is 6.63. The van der Waals surface area contributed by atoms with Gasteiger partial charge in [0.15, 0.2) is 0 Å². The number of hydrogen-bond acceptors (Lipinski definition) is 3. The van der Waals surface area contributed by atoms with E-state index in [1.807, 2.05) is 6.07 Å². The molecule has 1 heterocycles. The zero-order valence-electron chi connectivity index (χ0n) is 22.0. The lowest BCUT2D eigenvalue weighted by Gasteiger charge is -2.49. The number of phenolic OH excluding ortho intramolecular Hbond substituents is 1. The van der Waals surface area contributed by atoms with E-state index in [4.69, 9.17) is 4.74 Å². The Morgan fingerprint density at radius 3 is 2.56 bits per heavy atom. The number of rotatable bonds is 9. The number of benzene rings is 2. The molecular weight excluding hydrogens is 418 g/mol. The molecule has 3 atom stereocenters. The van der Waals surface area contributed by atoms with Gasteiger partial charge in [-0.15, -0.1) is 0 Å². The highest BCUT2D eigenvalue weighted by Gasteiger charge is 2.48. The van der Waals surface area contributed by atoms with E-state index in [2.05, 4.69) is 76.3 Å². The molecule has 3 heteroatoms. The van der Waals surface area contributed by atoms with Gasteiger partial charge in [-0.3, -0.25) is 0 Å². The number of fused-ring (bicyclic) bond motifs is 3. The Morgan fingerprint density at radius 2 is 1.82 bits per heavy atom. The summed E-state index contributed by atoms with van der Waals surface area (Å²) in [6, 6.07) is 15.4. The molecule has 2 aromatic rings. The van der Waals surface area contributed by atoms with Crippen LogP contribution in [0.4, 0.5) is 0 Å². The summed E-state index contributed by atoms with van der Waals surface area (Å²) in [5.74, 6) is 2.09. The standard InChI is InChI=1S/C31H45NO2/c1-6-7-8-12-17-30(2,3)23-18-27(33)29-25-20-24(32-21-22-13-10-9-11-14-22)15-16-26(25)31(4,5)34-28(29)19-23/h9-11,13-14,18-19,24-26,32-33H,6-8,12,15-17,20-21H2,1-5H3/t24?,25-,26-/m1/s1. The van der Waals surface area contributed by atoms with Gasteiger partial charge in [0.2, 0.25) is 0 Å². The Labute approximate surface area is 207 Å². The van der Waals surface area contributed by atoms with E-state index >= 15 is 0 Å². The van der Waals surface area contributed by atoms with Crippen molar-refractivity contribution in [2.45, 2.75) is 116 Å². The van der Waals surface area contributed by atoms with Crippen molar-refractivity contribution in [1.29, 1.82) is 0 Å². The zero-order valence-corrected chi connectivity index (χ0v) is 22.0. The Bertz CT molecular complexity index is 949. The van der Waals surface area contributed by atoms with E-state index in [0.717, 1.165) is 43.5 Å². The summed E-state index contributed by atoms with van der Waals surface area (Å²) in [6.45, 7) is 12.2. The number of phenols is 1. The number of unbranched alkanes of at least 4 members (excludes halogenated alkanes) is 3. The molecule has 0 radical (unpaired) electrons. The van der Waals surface area contributed by atoms with Gasteiger partial charge in [0.05, 0.1) is 0 Å². The molecule has 1 aliphatic carbocycles. The summed E-state index contributed by atoms with van der Waals surface area (Å²) in [4.78, 5) is 0. The minimum absolute atomic E-state index is 0.0247. The Hall–Kier alpha value is -2.00. The van der Waals surface area contributed by atoms with Crippen molar-refractivity contribution in [2.24, 2.45) is 5.92 Å². The maximum absolute atomic E-state index is 11.3. The van der Waals surface area contributed by atoms with E-state index in [-0.39, 0.29) is 11.0 Å². The molecule has 3 nitrogen and oxygen atoms in total. The second-order valence-corrected chi connectivity index (χ2v) is 11.9. The molecule has 2 N–H and O–H groups in total. The van der Waals surface area contributed by atoms with E-state index < -0.39 is 0 Å². The maximum atomic E-state index is 11.3. The molecule has 0 spiro atoms. The lowest BCUT2D eigenvalue weighted by atomic mass is 9.65. The van der Waals surface area contributed by atoms with Crippen molar-refractivity contribution in [3.8, 4) is 11.5 Å². The van der Waals surface area contributed by atoms with Crippen LogP contribution in [0.2, 0.25) is 0 Å². The predicted octanol–water partition coefficient (Wildman–Crippen LogP) is 7.85. The van der Waals surface area contributed by atoms with Gasteiger partial charge in [0, 0.05) is 24.1 Å². The molecule has 186 valence electrons. The molecule has 1 saturated carbocycles. The number of aromatic hydroxyl groups is 1. The zero-order chi connectivity index (χ0) is 24.3. The first-order chi connectivity index (χ1) is 16.2. The van der Waals surface area contributed by atoms with Crippen molar-refractivity contribution in [3.05, 3.63) is 59.2 Å². The highest BCUT2D eigenvalue weighted by Crippen LogP contribution is 2.55. The minimum Gasteiger partial charge on any atom is -0.508 e. The van der Waals surface area contributed by atoms with Crippen LogP contribution in [0.3, 0.4) is 0 Å². The van der Waals surface area contributed by atoms with Crippen LogP contribution in [0.25, 0.3) is 0 Å². The summed E-state index contributed by atoms with van der Waals surface area (Å²) in [7, 11) is 0. The first kappa shape index (κ1) is 25.1. The predicted molar refractivity (Wildman–Crippen MR) is 142 cm³/mol. The number of ether oxygens (including phenoxy) is 1. The molecule has 2 aliphatic rings. The fourth-order valence-corrected chi connectivity index (χ4v) is 6.32. The SMILES string of the molecule is CCCCCCC(C)(C)c1cc(O)c2c(c1)OC(C)(C)[C@@H]1CCC(NCc3ccccc3)C[C@@H]21. The molecule has 1 aliphatic heterocycles. The van der Waals surface area contributed by atoms with Gasteiger partial charge in [0.1, 0.15) is 17.1 Å². The minimum atomic E-state index is -0.224. The van der Waals surface area contributed by atoms with Gasteiger partial charge in [-0.1, -0.05) is 76.8 Å². The quantitative estimate of drug-likeness (QED) is 0.372. The number of nitrogens with one attached hydrogen (secondary N) is 1. The maximum Gasteiger partial charge on any atom is 0.127 e. The Balaban J connectivity index is 1.54. The van der Waals surface area contributed by atoms with Crippen molar-refractivity contribution >= 4 is 0 Å². The molecule has 0 aromatic heterocycles. The molecule has 0 saturated heterocycles. The van der Waals surface area contributed by atoms with Gasteiger partial charge >= 0.3 is 0 Å². The molecular formula is C31H45NO2. The van der Waals surface area contributed by atoms with Crippen LogP contribution in [0.15, 0.2) is 42.5 Å². The second-order valence-electron chi connectivity index (χ2n) is 11.9. The highest BCUT2D eigenvalue weighted by molar-refractivity contribution is 5.53. The lowest BCUT2D eigenvalue weighted by molar-refractivity contribution is -0.0123. The third kappa shape index (κ3) is 5.46. The smallest absolute Gasteiger partial charge is 0.127 e. The summed E-state index contributed by atoms with van der Waals surface area (Å²) in [5, 5.41) is 15.1. The molecule has 1 fully saturated rings. The molecule has 1 unspecified atom stereocenters. The van der Waals surface area contributed by atoms with Crippen LogP contribution in [-0.2, 0) is 12.0 Å². The van der Waals surface area contributed by atoms with E-state index in [9.17, 15) is 5.11 Å². The van der Waals surface area contributed by atoms with Crippen LogP contribution in [0, 0.1) is 5.92 Å². The molecule has 2 aromatic carbocycles. The van der Waals surface area contributed by atoms with Crippen molar-refractivity contribution < 1.29 is 9.84 Å². The van der Waals surface area contributed by atoms with Crippen LogP contribution in [0.5, 0.6) is 11.5 Å². The van der Waals surface area contributed by atoms with Gasteiger partial charge in [-0.25, -0.2) is 0 Å². The van der Waals surface area contributed by atoms with Crippen LogP contribution >= 0.6 is 0 Å². The Morgan fingerprint density at radius 1 is 1.06 bits per heavy atom. The average molecular weight is 464 g/mol. The molecule has 4 rings (SSSR count). The Kier molecular flexibility index (Phi) is 7.62. The fourth-order valence-electron chi connectivity index (χ4n) is 6.32. The van der Waals surface area contributed by atoms with Gasteiger partial charge in [0.25, 0.3) is 0 Å². The van der Waals surface area contributed by atoms with Crippen molar-refractivity contribution in [3.63, 3.8) is 0 Å². The molecule has 0 amide bonds. The van der Waals surface area contributed by atoms with Gasteiger partial charge < -0.3 is 15.2 Å². The van der Waals surface area contributed by atoms with Crippen LogP contribution in [0.1, 0.15) is 109 Å². The van der Waals surface area contributed by atoms with Gasteiger partial charge in [-0.05, 0) is 74.1 Å². The lowest BCUT2D eigenvalue weighted by Crippen LogP contribution is -2.49. The monoisotopic (exact) mass is 463 g/mol. The summed E-state index contributed by atoms with van der Waals surface area (Å²) >= 11 is 0. The first-order valence-corrected chi connectivity index (χ1v) is 13.5. The normalized spacial score (nSPS) is 23.6. The second kappa shape index (κ2) is 10.3. The fraction of sp³-hybridized carbons (Fsp3) is 0.613. The summed E-state index contributed by atoms with van der Waals surface area (Å²) in [6.07, 6.45) is 9.51. The van der Waals surface area contributed by atoms with Gasteiger partial charge in [-0.2, -0.15) is 0 Å². The number of hydrogen-bond donors (Lipinski definition) is 2. The average Bonchev–Trinajstić information content (AvgIpc) is 2.80. The largest absolute Gasteiger partial charge is 0.508 e. The van der Waals surface area contributed by atoms with E-state index in [1.165, 1.54) is 36.8 Å². The summed E-state index contributed by atoms with van der Waals surface area (Å²) in [5.41, 5.74) is 3.37. The van der Waals surface area contributed by atoms with Crippen LogP contribution < -0.4 is 10.1 Å². The van der Waals surface area contributed by atoms with Crippen LogP contribution in [-0.4, -0.2) is 16.7 Å². The first-order valence-electron chi connectivity index (χ1n) is 13.5. The van der Waals surface area contributed by atoms with Crippen molar-refractivity contribution in [2.75, 3.05) is 0 Å². The van der Waals surface area contributed by atoms with E-state index in [0.29, 0.717) is 23.6 Å². The molecule has 34 heavy (non-hydrogen) atoms. The van der Waals surface area contributed by atoms with Crippen molar-refractivity contribution in [1.82, 2.24) is 5.32 Å². The topological polar surface area (TPSA) is 41.5 Å².